The molecule has 0 aliphatic heterocycles. The summed E-state index contributed by atoms with van der Waals surface area (Å²) in [5.41, 5.74) is 4.15. The first kappa shape index (κ1) is 14.0. The molecule has 3 nitrogen and oxygen atoms in total. The SMILES string of the molecule is COc1cc(C)c(C(O)CCCO)c(C)c1C. The molecule has 0 aromatic heterocycles. The van der Waals surface area contributed by atoms with E-state index >= 15 is 0 Å². The van der Waals surface area contributed by atoms with Crippen LogP contribution in [0.4, 0.5) is 0 Å². The van der Waals surface area contributed by atoms with Gasteiger partial charge in [0, 0.05) is 6.61 Å². The van der Waals surface area contributed by atoms with Crippen LogP contribution in [0.1, 0.15) is 41.2 Å². The van der Waals surface area contributed by atoms with Gasteiger partial charge >= 0.3 is 0 Å². The molecule has 0 spiro atoms. The lowest BCUT2D eigenvalue weighted by molar-refractivity contribution is 0.150. The highest BCUT2D eigenvalue weighted by atomic mass is 16.5. The van der Waals surface area contributed by atoms with E-state index in [1.54, 1.807) is 7.11 Å². The van der Waals surface area contributed by atoms with Crippen molar-refractivity contribution in [3.63, 3.8) is 0 Å². The molecule has 0 heterocycles. The van der Waals surface area contributed by atoms with Gasteiger partial charge in [-0.25, -0.2) is 0 Å². The Morgan fingerprint density at radius 1 is 1.24 bits per heavy atom. The van der Waals surface area contributed by atoms with Gasteiger partial charge in [0.25, 0.3) is 0 Å². The predicted molar refractivity (Wildman–Crippen MR) is 68.5 cm³/mol. The Morgan fingerprint density at radius 2 is 1.88 bits per heavy atom. The molecule has 1 atom stereocenters. The van der Waals surface area contributed by atoms with Gasteiger partial charge in [0.15, 0.2) is 0 Å². The van der Waals surface area contributed by atoms with Gasteiger partial charge in [-0.05, 0) is 61.9 Å². The van der Waals surface area contributed by atoms with Gasteiger partial charge in [-0.1, -0.05) is 0 Å². The van der Waals surface area contributed by atoms with Crippen molar-refractivity contribution in [3.05, 3.63) is 28.3 Å². The molecule has 0 saturated heterocycles. The molecule has 0 fully saturated rings. The van der Waals surface area contributed by atoms with Crippen molar-refractivity contribution in [3.8, 4) is 5.75 Å². The third-order valence-electron chi connectivity index (χ3n) is 3.30. The van der Waals surface area contributed by atoms with Crippen molar-refractivity contribution in [1.82, 2.24) is 0 Å². The lowest BCUT2D eigenvalue weighted by atomic mass is 9.92. The van der Waals surface area contributed by atoms with Crippen LogP contribution in [0.2, 0.25) is 0 Å². The van der Waals surface area contributed by atoms with E-state index in [4.69, 9.17) is 9.84 Å². The van der Waals surface area contributed by atoms with E-state index in [-0.39, 0.29) is 6.61 Å². The van der Waals surface area contributed by atoms with Crippen LogP contribution in [0.3, 0.4) is 0 Å². The maximum absolute atomic E-state index is 10.1. The van der Waals surface area contributed by atoms with Crippen LogP contribution >= 0.6 is 0 Å². The van der Waals surface area contributed by atoms with Crippen LogP contribution in [-0.4, -0.2) is 23.9 Å². The van der Waals surface area contributed by atoms with E-state index in [0.717, 1.165) is 28.0 Å². The number of hydrogen-bond acceptors (Lipinski definition) is 3. The van der Waals surface area contributed by atoms with Gasteiger partial charge < -0.3 is 14.9 Å². The molecule has 0 radical (unpaired) electrons. The van der Waals surface area contributed by atoms with Gasteiger partial charge in [0.2, 0.25) is 0 Å². The van der Waals surface area contributed by atoms with E-state index in [1.165, 1.54) is 0 Å². The fourth-order valence-electron chi connectivity index (χ4n) is 2.22. The second kappa shape index (κ2) is 6.03. The number of methoxy groups -OCH3 is 1. The summed E-state index contributed by atoms with van der Waals surface area (Å²) in [6, 6.07) is 1.96. The van der Waals surface area contributed by atoms with E-state index < -0.39 is 6.10 Å². The number of hydrogen-bond donors (Lipinski definition) is 2. The Kier molecular flexibility index (Phi) is 4.97. The first-order valence-electron chi connectivity index (χ1n) is 5.96. The molecule has 1 aromatic carbocycles. The van der Waals surface area contributed by atoms with Crippen molar-refractivity contribution in [2.75, 3.05) is 13.7 Å². The number of aliphatic hydroxyl groups excluding tert-OH is 2. The lowest BCUT2D eigenvalue weighted by Crippen LogP contribution is -2.06. The molecule has 96 valence electrons. The van der Waals surface area contributed by atoms with Crippen molar-refractivity contribution in [2.24, 2.45) is 0 Å². The van der Waals surface area contributed by atoms with Crippen LogP contribution in [0.15, 0.2) is 6.07 Å². The summed E-state index contributed by atoms with van der Waals surface area (Å²) in [4.78, 5) is 0. The summed E-state index contributed by atoms with van der Waals surface area (Å²) in [5, 5.41) is 19.0. The summed E-state index contributed by atoms with van der Waals surface area (Å²) in [6.45, 7) is 6.09. The van der Waals surface area contributed by atoms with Crippen LogP contribution < -0.4 is 4.74 Å². The Balaban J connectivity index is 3.11. The zero-order chi connectivity index (χ0) is 13.0. The highest BCUT2D eigenvalue weighted by Gasteiger charge is 2.16. The quantitative estimate of drug-likeness (QED) is 0.828. The first-order chi connectivity index (χ1) is 8.02. The third kappa shape index (κ3) is 2.99. The first-order valence-corrected chi connectivity index (χ1v) is 5.96. The minimum absolute atomic E-state index is 0.115. The standard InChI is InChI=1S/C14H22O3/c1-9-8-13(17-4)10(2)11(3)14(9)12(16)6-5-7-15/h8,12,15-16H,5-7H2,1-4H3. The van der Waals surface area contributed by atoms with Crippen LogP contribution in [0.5, 0.6) is 5.75 Å². The molecule has 0 aliphatic carbocycles. The molecule has 2 N–H and O–H groups in total. The van der Waals surface area contributed by atoms with E-state index in [0.29, 0.717) is 12.8 Å². The van der Waals surface area contributed by atoms with E-state index in [9.17, 15) is 5.11 Å². The summed E-state index contributed by atoms with van der Waals surface area (Å²) < 4.78 is 5.30. The maximum atomic E-state index is 10.1. The van der Waals surface area contributed by atoms with Crippen molar-refractivity contribution in [2.45, 2.75) is 39.7 Å². The largest absolute Gasteiger partial charge is 0.496 e. The van der Waals surface area contributed by atoms with Gasteiger partial charge in [0.05, 0.1) is 13.2 Å². The zero-order valence-corrected chi connectivity index (χ0v) is 11.1. The average Bonchev–Trinajstić information content (AvgIpc) is 2.31. The van der Waals surface area contributed by atoms with Crippen LogP contribution in [-0.2, 0) is 0 Å². The molecule has 1 rings (SSSR count). The summed E-state index contributed by atoms with van der Waals surface area (Å²) in [5.74, 6) is 0.859. The van der Waals surface area contributed by atoms with E-state index in [1.807, 2.05) is 26.8 Å². The summed E-state index contributed by atoms with van der Waals surface area (Å²) in [7, 11) is 1.66. The minimum atomic E-state index is -0.508. The molecule has 0 saturated carbocycles. The third-order valence-corrected chi connectivity index (χ3v) is 3.30. The fraction of sp³-hybridized carbons (Fsp3) is 0.571. The summed E-state index contributed by atoms with van der Waals surface area (Å²) in [6.07, 6.45) is 0.696. The number of aliphatic hydroxyl groups is 2. The average molecular weight is 238 g/mol. The number of ether oxygens (including phenoxy) is 1. The Bertz CT molecular complexity index is 386. The van der Waals surface area contributed by atoms with Gasteiger partial charge in [0.1, 0.15) is 5.75 Å². The second-order valence-corrected chi connectivity index (χ2v) is 4.44. The zero-order valence-electron chi connectivity index (χ0n) is 11.1. The van der Waals surface area contributed by atoms with Gasteiger partial charge in [-0.2, -0.15) is 0 Å². The number of aryl methyl sites for hydroxylation is 1. The maximum Gasteiger partial charge on any atom is 0.122 e. The molecular formula is C14H22O3. The molecule has 17 heavy (non-hydrogen) atoms. The van der Waals surface area contributed by atoms with Crippen molar-refractivity contribution >= 4 is 0 Å². The minimum Gasteiger partial charge on any atom is -0.496 e. The molecule has 1 aromatic rings. The van der Waals surface area contributed by atoms with Gasteiger partial charge in [-0.3, -0.25) is 0 Å². The Hall–Kier alpha value is -1.06. The lowest BCUT2D eigenvalue weighted by Gasteiger charge is -2.20. The van der Waals surface area contributed by atoms with Crippen LogP contribution in [0.25, 0.3) is 0 Å². The monoisotopic (exact) mass is 238 g/mol. The van der Waals surface area contributed by atoms with Crippen LogP contribution in [0, 0.1) is 20.8 Å². The smallest absolute Gasteiger partial charge is 0.122 e. The number of rotatable bonds is 5. The molecule has 0 amide bonds. The fourth-order valence-corrected chi connectivity index (χ4v) is 2.22. The highest BCUT2D eigenvalue weighted by Crippen LogP contribution is 2.32. The normalized spacial score (nSPS) is 12.6. The van der Waals surface area contributed by atoms with Crippen molar-refractivity contribution in [1.29, 1.82) is 0 Å². The predicted octanol–water partition coefficient (Wildman–Crippen LogP) is 2.43. The molecule has 1 unspecified atom stereocenters. The topological polar surface area (TPSA) is 49.7 Å². The summed E-state index contributed by atoms with van der Waals surface area (Å²) >= 11 is 0. The van der Waals surface area contributed by atoms with Gasteiger partial charge in [-0.15, -0.1) is 0 Å². The van der Waals surface area contributed by atoms with E-state index in [2.05, 4.69) is 0 Å². The van der Waals surface area contributed by atoms with Crippen molar-refractivity contribution < 1.29 is 14.9 Å². The number of benzene rings is 1. The molecular weight excluding hydrogens is 216 g/mol. The second-order valence-electron chi connectivity index (χ2n) is 4.44. The molecule has 3 heteroatoms. The highest BCUT2D eigenvalue weighted by molar-refractivity contribution is 5.48. The molecule has 0 bridgehead atoms. The molecule has 0 aliphatic rings. The Labute approximate surface area is 103 Å². The Morgan fingerprint density at radius 3 is 2.41 bits per heavy atom.